The Kier molecular flexibility index (Phi) is 42.7. The Morgan fingerprint density at radius 1 is 0.518 bits per heavy atom. The average molecular weight is 788 g/mol. The molecule has 0 fully saturated rings. The zero-order valence-electron chi connectivity index (χ0n) is 37.3. The highest BCUT2D eigenvalue weighted by Crippen LogP contribution is 2.17. The van der Waals surface area contributed by atoms with E-state index in [0.29, 0.717) is 19.3 Å². The van der Waals surface area contributed by atoms with Crippen molar-refractivity contribution in [2.75, 3.05) is 6.61 Å². The lowest BCUT2D eigenvalue weighted by atomic mass is 10.0. The van der Waals surface area contributed by atoms with E-state index in [1.54, 1.807) is 0 Å². The van der Waals surface area contributed by atoms with Gasteiger partial charge in [-0.3, -0.25) is 9.59 Å². The van der Waals surface area contributed by atoms with Crippen LogP contribution in [0.25, 0.3) is 0 Å². The third-order valence-corrected chi connectivity index (χ3v) is 11.0. The summed E-state index contributed by atoms with van der Waals surface area (Å²) in [7, 11) is 0. The molecule has 0 aromatic carbocycles. The van der Waals surface area contributed by atoms with E-state index in [1.165, 1.54) is 128 Å². The predicted octanol–water partition coefficient (Wildman–Crippen LogP) is 14.1. The van der Waals surface area contributed by atoms with Crippen LogP contribution in [0.5, 0.6) is 0 Å². The van der Waals surface area contributed by atoms with Gasteiger partial charge >= 0.3 is 5.97 Å². The first-order valence-electron chi connectivity index (χ1n) is 24.2. The summed E-state index contributed by atoms with van der Waals surface area (Å²) >= 11 is 0. The first-order chi connectivity index (χ1) is 27.5. The minimum atomic E-state index is -0.797. The summed E-state index contributed by atoms with van der Waals surface area (Å²) in [5.74, 6) is -0.569. The molecule has 0 aromatic heterocycles. The van der Waals surface area contributed by atoms with Crippen LogP contribution in [0.1, 0.15) is 245 Å². The smallest absolute Gasteiger partial charge is 0.306 e. The zero-order valence-corrected chi connectivity index (χ0v) is 37.3. The molecule has 0 heterocycles. The number of aliphatic hydroxyl groups is 2. The van der Waals surface area contributed by atoms with E-state index in [0.717, 1.165) is 64.2 Å². The van der Waals surface area contributed by atoms with Crippen LogP contribution in [0.15, 0.2) is 36.5 Å². The fourth-order valence-electron chi connectivity index (χ4n) is 7.23. The van der Waals surface area contributed by atoms with E-state index < -0.39 is 18.2 Å². The van der Waals surface area contributed by atoms with E-state index in [1.807, 2.05) is 6.08 Å². The number of nitrogens with one attached hydrogen (secondary N) is 1. The lowest BCUT2D eigenvalue weighted by Gasteiger charge is -2.24. The number of unbranched alkanes of at least 4 members (excludes halogenated alkanes) is 25. The van der Waals surface area contributed by atoms with Crippen molar-refractivity contribution in [1.29, 1.82) is 0 Å². The van der Waals surface area contributed by atoms with Gasteiger partial charge in [-0.1, -0.05) is 205 Å². The third kappa shape index (κ3) is 38.9. The van der Waals surface area contributed by atoms with Gasteiger partial charge in [0.2, 0.25) is 5.91 Å². The van der Waals surface area contributed by atoms with Gasteiger partial charge in [0, 0.05) is 6.42 Å². The lowest BCUT2D eigenvalue weighted by Crippen LogP contribution is -2.46. The normalized spacial score (nSPS) is 13.6. The fraction of sp³-hybridized carbons (Fsp3) is 0.840. The number of allylic oxidation sites excluding steroid dienone is 6. The second-order valence-electron chi connectivity index (χ2n) is 16.5. The number of carbonyl (C=O) groups is 2. The summed E-state index contributed by atoms with van der Waals surface area (Å²) in [6, 6.07) is -0.713. The molecule has 0 aliphatic rings. The minimum Gasteiger partial charge on any atom is -0.462 e. The van der Waals surface area contributed by atoms with Gasteiger partial charge in [0.25, 0.3) is 0 Å². The Morgan fingerprint density at radius 2 is 0.929 bits per heavy atom. The van der Waals surface area contributed by atoms with Gasteiger partial charge in [0.1, 0.15) is 6.10 Å². The molecule has 6 nitrogen and oxygen atoms in total. The quantitative estimate of drug-likeness (QED) is 0.0325. The molecule has 0 saturated heterocycles. The largest absolute Gasteiger partial charge is 0.462 e. The average Bonchev–Trinajstić information content (AvgIpc) is 3.19. The number of esters is 1. The molecule has 0 aromatic rings. The molecule has 0 saturated carbocycles. The maximum Gasteiger partial charge on any atom is 0.306 e. The van der Waals surface area contributed by atoms with Gasteiger partial charge in [0.15, 0.2) is 0 Å². The lowest BCUT2D eigenvalue weighted by molar-refractivity contribution is -0.150. The van der Waals surface area contributed by atoms with E-state index in [-0.39, 0.29) is 31.3 Å². The molecule has 0 radical (unpaired) electrons. The molecule has 0 aliphatic carbocycles. The van der Waals surface area contributed by atoms with E-state index in [4.69, 9.17) is 4.74 Å². The topological polar surface area (TPSA) is 95.9 Å². The van der Waals surface area contributed by atoms with Crippen molar-refractivity contribution < 1.29 is 24.5 Å². The molecular weight excluding hydrogens is 695 g/mol. The van der Waals surface area contributed by atoms with Crippen LogP contribution in [0.4, 0.5) is 0 Å². The molecule has 0 spiro atoms. The molecule has 0 aliphatic heterocycles. The van der Waals surface area contributed by atoms with Crippen LogP contribution >= 0.6 is 0 Å². The van der Waals surface area contributed by atoms with Gasteiger partial charge in [-0.15, -0.1) is 0 Å². The number of ether oxygens (including phenoxy) is 1. The highest BCUT2D eigenvalue weighted by atomic mass is 16.5. The maximum atomic E-state index is 13.1. The van der Waals surface area contributed by atoms with Crippen LogP contribution < -0.4 is 5.32 Å². The zero-order chi connectivity index (χ0) is 41.0. The number of hydrogen-bond donors (Lipinski definition) is 3. The van der Waals surface area contributed by atoms with Gasteiger partial charge in [-0.2, -0.15) is 0 Å². The van der Waals surface area contributed by atoms with Crippen molar-refractivity contribution in [3.8, 4) is 0 Å². The van der Waals surface area contributed by atoms with Crippen LogP contribution in [-0.2, 0) is 14.3 Å². The van der Waals surface area contributed by atoms with Crippen molar-refractivity contribution >= 4 is 11.9 Å². The van der Waals surface area contributed by atoms with Gasteiger partial charge in [0.05, 0.1) is 25.2 Å². The maximum absolute atomic E-state index is 13.1. The molecular formula is C50H93NO5. The number of hydrogen-bond acceptors (Lipinski definition) is 5. The highest BCUT2D eigenvalue weighted by molar-refractivity contribution is 5.77. The SMILES string of the molecule is CCCC/C=C\CCCCCC(CC(=O)NC(CO)C(O)CCCCCCCCCCCCCCCCC)OC(=O)CC/C=C/C/C=C\CCCCCCCC. The summed E-state index contributed by atoms with van der Waals surface area (Å²) in [4.78, 5) is 25.9. The number of rotatable bonds is 43. The second kappa shape index (κ2) is 44.2. The molecule has 328 valence electrons. The molecule has 0 bridgehead atoms. The molecule has 0 rings (SSSR count). The van der Waals surface area contributed by atoms with Crippen molar-refractivity contribution in [2.24, 2.45) is 0 Å². The molecule has 6 heteroatoms. The van der Waals surface area contributed by atoms with E-state index in [2.05, 4.69) is 56.5 Å². The van der Waals surface area contributed by atoms with Crippen LogP contribution in [0.3, 0.4) is 0 Å². The summed E-state index contributed by atoms with van der Waals surface area (Å²) in [5.41, 5.74) is 0. The molecule has 3 unspecified atom stereocenters. The highest BCUT2D eigenvalue weighted by Gasteiger charge is 2.24. The van der Waals surface area contributed by atoms with Crippen LogP contribution in [0, 0.1) is 0 Å². The standard InChI is InChI=1S/C50H93NO5/c1-4-7-10-13-16-19-21-23-24-26-27-30-33-36-39-42-48(53)47(45-52)51-49(54)44-46(41-38-35-32-29-18-15-12-9-6-3)56-50(55)43-40-37-34-31-28-25-22-20-17-14-11-8-5-2/h15,18,25,28,34,37,46-48,52-53H,4-14,16-17,19-24,26-27,29-33,35-36,38-45H2,1-3H3,(H,51,54)/b18-15-,28-25-,37-34+. The monoisotopic (exact) mass is 788 g/mol. The molecule has 1 amide bonds. The Bertz CT molecular complexity index is 930. The number of amides is 1. The Labute approximate surface area is 347 Å². The molecule has 56 heavy (non-hydrogen) atoms. The Balaban J connectivity index is 4.54. The van der Waals surface area contributed by atoms with Crippen molar-refractivity contribution in [3.05, 3.63) is 36.5 Å². The number of aliphatic hydroxyl groups excluding tert-OH is 2. The van der Waals surface area contributed by atoms with Gasteiger partial charge in [-0.25, -0.2) is 0 Å². The van der Waals surface area contributed by atoms with Gasteiger partial charge < -0.3 is 20.3 Å². The third-order valence-electron chi connectivity index (χ3n) is 11.0. The Hall–Kier alpha value is -1.92. The Morgan fingerprint density at radius 3 is 1.45 bits per heavy atom. The number of carbonyl (C=O) groups excluding carboxylic acids is 2. The van der Waals surface area contributed by atoms with Crippen LogP contribution in [0.2, 0.25) is 0 Å². The predicted molar refractivity (Wildman–Crippen MR) is 241 cm³/mol. The van der Waals surface area contributed by atoms with Crippen LogP contribution in [-0.4, -0.2) is 46.9 Å². The van der Waals surface area contributed by atoms with Crippen molar-refractivity contribution in [1.82, 2.24) is 5.32 Å². The van der Waals surface area contributed by atoms with Gasteiger partial charge in [-0.05, 0) is 64.2 Å². The molecule has 3 N–H and O–H groups in total. The van der Waals surface area contributed by atoms with E-state index in [9.17, 15) is 19.8 Å². The summed E-state index contributed by atoms with van der Waals surface area (Å²) in [5, 5.41) is 23.7. The first-order valence-corrected chi connectivity index (χ1v) is 24.2. The summed E-state index contributed by atoms with van der Waals surface area (Å²) in [6.45, 7) is 6.41. The first kappa shape index (κ1) is 54.1. The minimum absolute atomic E-state index is 0.0457. The second-order valence-corrected chi connectivity index (χ2v) is 16.5. The molecule has 3 atom stereocenters. The van der Waals surface area contributed by atoms with E-state index >= 15 is 0 Å². The summed E-state index contributed by atoms with van der Waals surface area (Å²) < 4.78 is 5.85. The van der Waals surface area contributed by atoms with Crippen molar-refractivity contribution in [3.63, 3.8) is 0 Å². The summed E-state index contributed by atoms with van der Waals surface area (Å²) in [6.07, 6.45) is 50.8. The van der Waals surface area contributed by atoms with Crippen molar-refractivity contribution in [2.45, 2.75) is 264 Å². The fourth-order valence-corrected chi connectivity index (χ4v) is 7.23.